The molecule has 19 heavy (non-hydrogen) atoms. The van der Waals surface area contributed by atoms with E-state index in [0.717, 1.165) is 25.2 Å². The first-order valence-electron chi connectivity index (χ1n) is 7.70. The zero-order valence-corrected chi connectivity index (χ0v) is 11.9. The van der Waals surface area contributed by atoms with Gasteiger partial charge in [-0.05, 0) is 49.1 Å². The largest absolute Gasteiger partial charge is 0.493 e. The van der Waals surface area contributed by atoms with Crippen LogP contribution in [0.4, 0.5) is 0 Å². The van der Waals surface area contributed by atoms with E-state index in [4.69, 9.17) is 10.5 Å². The van der Waals surface area contributed by atoms with E-state index in [1.54, 1.807) is 0 Å². The van der Waals surface area contributed by atoms with Crippen molar-refractivity contribution < 1.29 is 4.74 Å². The zero-order valence-electron chi connectivity index (χ0n) is 11.9. The van der Waals surface area contributed by atoms with Crippen molar-refractivity contribution >= 4 is 0 Å². The minimum Gasteiger partial charge on any atom is -0.493 e. The SMILES string of the molecule is CC1CCCCC1(N)CC1CCOc2ccccc21. The van der Waals surface area contributed by atoms with Crippen molar-refractivity contribution in [2.75, 3.05) is 6.61 Å². The number of para-hydroxylation sites is 1. The lowest BCUT2D eigenvalue weighted by Gasteiger charge is -2.42. The number of hydrogen-bond donors (Lipinski definition) is 1. The van der Waals surface area contributed by atoms with Gasteiger partial charge in [-0.25, -0.2) is 0 Å². The summed E-state index contributed by atoms with van der Waals surface area (Å²) in [5, 5.41) is 0. The molecule has 1 heterocycles. The first-order valence-corrected chi connectivity index (χ1v) is 7.70. The molecule has 1 aliphatic carbocycles. The number of ether oxygens (including phenoxy) is 1. The lowest BCUT2D eigenvalue weighted by Crippen LogP contribution is -2.49. The third-order valence-corrected chi connectivity index (χ3v) is 5.22. The molecule has 1 saturated carbocycles. The minimum atomic E-state index is 0.0351. The third kappa shape index (κ3) is 2.51. The van der Waals surface area contributed by atoms with Crippen LogP contribution in [-0.4, -0.2) is 12.1 Å². The van der Waals surface area contributed by atoms with Gasteiger partial charge in [0.05, 0.1) is 6.61 Å². The molecule has 2 heteroatoms. The van der Waals surface area contributed by atoms with Crippen LogP contribution in [0.1, 0.15) is 56.9 Å². The van der Waals surface area contributed by atoms with E-state index in [1.165, 1.54) is 31.2 Å². The van der Waals surface area contributed by atoms with Crippen LogP contribution >= 0.6 is 0 Å². The highest BCUT2D eigenvalue weighted by Crippen LogP contribution is 2.43. The van der Waals surface area contributed by atoms with Gasteiger partial charge in [-0.3, -0.25) is 0 Å². The van der Waals surface area contributed by atoms with E-state index in [2.05, 4.69) is 31.2 Å². The van der Waals surface area contributed by atoms with Gasteiger partial charge in [0.15, 0.2) is 0 Å². The maximum absolute atomic E-state index is 6.75. The zero-order chi connectivity index (χ0) is 13.3. The Labute approximate surface area is 116 Å². The molecule has 1 fully saturated rings. The van der Waals surface area contributed by atoms with Crippen LogP contribution < -0.4 is 10.5 Å². The first kappa shape index (κ1) is 13.0. The Morgan fingerprint density at radius 1 is 1.26 bits per heavy atom. The topological polar surface area (TPSA) is 35.2 Å². The van der Waals surface area contributed by atoms with Crippen LogP contribution in [0.25, 0.3) is 0 Å². The standard InChI is InChI=1S/C17H25NO/c1-13-6-4-5-10-17(13,18)12-14-9-11-19-16-8-3-2-7-15(14)16/h2-3,7-8,13-14H,4-6,9-12,18H2,1H3. The second-order valence-corrected chi connectivity index (χ2v) is 6.46. The lowest BCUT2D eigenvalue weighted by atomic mass is 9.68. The fourth-order valence-electron chi connectivity index (χ4n) is 3.83. The van der Waals surface area contributed by atoms with Gasteiger partial charge < -0.3 is 10.5 Å². The van der Waals surface area contributed by atoms with Gasteiger partial charge in [-0.1, -0.05) is 38.0 Å². The van der Waals surface area contributed by atoms with Crippen molar-refractivity contribution in [1.82, 2.24) is 0 Å². The van der Waals surface area contributed by atoms with Crippen LogP contribution in [0.5, 0.6) is 5.75 Å². The van der Waals surface area contributed by atoms with Gasteiger partial charge in [0.1, 0.15) is 5.75 Å². The average molecular weight is 259 g/mol. The first-order chi connectivity index (χ1) is 9.19. The highest BCUT2D eigenvalue weighted by atomic mass is 16.5. The number of fused-ring (bicyclic) bond motifs is 1. The van der Waals surface area contributed by atoms with Crippen molar-refractivity contribution in [1.29, 1.82) is 0 Å². The Balaban J connectivity index is 1.80. The molecule has 3 unspecified atom stereocenters. The van der Waals surface area contributed by atoms with Crippen molar-refractivity contribution in [2.45, 2.75) is 56.9 Å². The highest BCUT2D eigenvalue weighted by molar-refractivity contribution is 5.38. The molecule has 0 aromatic heterocycles. The highest BCUT2D eigenvalue weighted by Gasteiger charge is 2.37. The normalized spacial score (nSPS) is 34.4. The van der Waals surface area contributed by atoms with Crippen LogP contribution in [0.2, 0.25) is 0 Å². The molecule has 0 radical (unpaired) electrons. The molecule has 0 spiro atoms. The monoisotopic (exact) mass is 259 g/mol. The Morgan fingerprint density at radius 3 is 2.95 bits per heavy atom. The summed E-state index contributed by atoms with van der Waals surface area (Å²) in [6.45, 7) is 3.18. The Morgan fingerprint density at radius 2 is 2.11 bits per heavy atom. The molecule has 1 aromatic rings. The van der Waals surface area contributed by atoms with Gasteiger partial charge in [0.2, 0.25) is 0 Å². The number of hydrogen-bond acceptors (Lipinski definition) is 2. The summed E-state index contributed by atoms with van der Waals surface area (Å²) >= 11 is 0. The fourth-order valence-corrected chi connectivity index (χ4v) is 3.83. The molecule has 0 saturated heterocycles. The summed E-state index contributed by atoms with van der Waals surface area (Å²) in [4.78, 5) is 0. The molecule has 2 aliphatic rings. The van der Waals surface area contributed by atoms with Gasteiger partial charge in [-0.2, -0.15) is 0 Å². The predicted molar refractivity (Wildman–Crippen MR) is 78.5 cm³/mol. The molecule has 2 nitrogen and oxygen atoms in total. The predicted octanol–water partition coefficient (Wildman–Crippen LogP) is 3.85. The van der Waals surface area contributed by atoms with Crippen molar-refractivity contribution in [3.8, 4) is 5.75 Å². The Hall–Kier alpha value is -1.02. The minimum absolute atomic E-state index is 0.0351. The van der Waals surface area contributed by atoms with Gasteiger partial charge in [-0.15, -0.1) is 0 Å². The molecule has 3 rings (SSSR count). The summed E-state index contributed by atoms with van der Waals surface area (Å²) in [6.07, 6.45) is 7.36. The molecule has 104 valence electrons. The number of nitrogens with two attached hydrogens (primary N) is 1. The molecule has 1 aromatic carbocycles. The van der Waals surface area contributed by atoms with E-state index in [1.807, 2.05) is 0 Å². The van der Waals surface area contributed by atoms with E-state index in [9.17, 15) is 0 Å². The maximum atomic E-state index is 6.75. The van der Waals surface area contributed by atoms with E-state index < -0.39 is 0 Å². The van der Waals surface area contributed by atoms with E-state index in [-0.39, 0.29) is 5.54 Å². The fraction of sp³-hybridized carbons (Fsp3) is 0.647. The second-order valence-electron chi connectivity index (χ2n) is 6.46. The quantitative estimate of drug-likeness (QED) is 0.875. The van der Waals surface area contributed by atoms with E-state index >= 15 is 0 Å². The van der Waals surface area contributed by atoms with Gasteiger partial charge in [0, 0.05) is 5.54 Å². The van der Waals surface area contributed by atoms with Gasteiger partial charge >= 0.3 is 0 Å². The summed E-state index contributed by atoms with van der Waals surface area (Å²) in [6, 6.07) is 8.49. The second kappa shape index (κ2) is 5.16. The molecule has 1 aliphatic heterocycles. The maximum Gasteiger partial charge on any atom is 0.122 e. The third-order valence-electron chi connectivity index (χ3n) is 5.22. The van der Waals surface area contributed by atoms with E-state index in [0.29, 0.717) is 11.8 Å². The molecule has 0 bridgehead atoms. The van der Waals surface area contributed by atoms with Gasteiger partial charge in [0.25, 0.3) is 0 Å². The molecular formula is C17H25NO. The lowest BCUT2D eigenvalue weighted by molar-refractivity contribution is 0.163. The Kier molecular flexibility index (Phi) is 3.53. The summed E-state index contributed by atoms with van der Waals surface area (Å²) in [5.41, 5.74) is 8.16. The number of rotatable bonds is 2. The van der Waals surface area contributed by atoms with Crippen LogP contribution in [0.15, 0.2) is 24.3 Å². The molecule has 0 amide bonds. The van der Waals surface area contributed by atoms with Crippen molar-refractivity contribution in [3.05, 3.63) is 29.8 Å². The average Bonchev–Trinajstić information content (AvgIpc) is 2.43. The van der Waals surface area contributed by atoms with Crippen molar-refractivity contribution in [3.63, 3.8) is 0 Å². The smallest absolute Gasteiger partial charge is 0.122 e. The van der Waals surface area contributed by atoms with Crippen molar-refractivity contribution in [2.24, 2.45) is 11.7 Å². The van der Waals surface area contributed by atoms with Crippen LogP contribution in [0.3, 0.4) is 0 Å². The summed E-state index contributed by atoms with van der Waals surface area (Å²) in [5.74, 6) is 2.30. The molecule has 2 N–H and O–H groups in total. The summed E-state index contributed by atoms with van der Waals surface area (Å²) in [7, 11) is 0. The molecule has 3 atom stereocenters. The van der Waals surface area contributed by atoms with Crippen LogP contribution in [0, 0.1) is 5.92 Å². The van der Waals surface area contributed by atoms with Crippen LogP contribution in [-0.2, 0) is 0 Å². The summed E-state index contributed by atoms with van der Waals surface area (Å²) < 4.78 is 5.76. The number of benzene rings is 1. The Bertz CT molecular complexity index is 445. The molecular weight excluding hydrogens is 234 g/mol.